The van der Waals surface area contributed by atoms with Crippen LogP contribution in [0.1, 0.15) is 26.2 Å². The number of likely N-dealkylation sites (tertiary alicyclic amines) is 1. The molecule has 0 bridgehead atoms. The highest BCUT2D eigenvalue weighted by molar-refractivity contribution is 5.87. The van der Waals surface area contributed by atoms with Crippen LogP contribution in [0.2, 0.25) is 0 Å². The number of carbonyl (C=O) groups is 2. The number of nitrogens with two attached hydrogens (primary N) is 1. The fraction of sp³-hybridized carbons (Fsp3) is 0.636. The lowest BCUT2D eigenvalue weighted by molar-refractivity contribution is -0.148. The van der Waals surface area contributed by atoms with Crippen molar-refractivity contribution in [2.75, 3.05) is 13.2 Å². The van der Waals surface area contributed by atoms with Crippen molar-refractivity contribution in [3.05, 3.63) is 12.3 Å². The number of ether oxygens (including phenoxy) is 1. The van der Waals surface area contributed by atoms with Gasteiger partial charge in [0.05, 0.1) is 12.6 Å². The van der Waals surface area contributed by atoms with E-state index in [2.05, 4.69) is 6.58 Å². The molecule has 1 rings (SSSR count). The summed E-state index contributed by atoms with van der Waals surface area (Å²) in [6, 6.07) is -0.534. The maximum absolute atomic E-state index is 11.8. The van der Waals surface area contributed by atoms with Gasteiger partial charge in [-0.15, -0.1) is 0 Å². The first-order valence-corrected chi connectivity index (χ1v) is 5.46. The Bertz CT molecular complexity index is 302. The second kappa shape index (κ2) is 5.65. The predicted octanol–water partition coefficient (Wildman–Crippen LogP) is 0.403. The Kier molecular flexibility index (Phi) is 4.49. The summed E-state index contributed by atoms with van der Waals surface area (Å²) >= 11 is 0. The molecule has 1 saturated heterocycles. The monoisotopic (exact) mass is 226 g/mol. The molecule has 5 nitrogen and oxygen atoms in total. The molecule has 1 fully saturated rings. The van der Waals surface area contributed by atoms with Gasteiger partial charge in [-0.1, -0.05) is 6.58 Å². The Morgan fingerprint density at radius 3 is 3.00 bits per heavy atom. The molecule has 90 valence electrons. The first-order chi connectivity index (χ1) is 7.56. The fourth-order valence-electron chi connectivity index (χ4n) is 1.67. The van der Waals surface area contributed by atoms with Gasteiger partial charge in [0.15, 0.2) is 0 Å². The van der Waals surface area contributed by atoms with E-state index in [1.54, 1.807) is 6.92 Å². The van der Waals surface area contributed by atoms with E-state index in [1.165, 1.54) is 4.90 Å². The number of nitrogens with zero attached hydrogens (tertiary/aromatic N) is 1. The van der Waals surface area contributed by atoms with Gasteiger partial charge in [0.25, 0.3) is 0 Å². The molecule has 0 aliphatic carbocycles. The van der Waals surface area contributed by atoms with Crippen molar-refractivity contribution in [3.8, 4) is 0 Å². The number of hydrogen-bond donors (Lipinski definition) is 1. The van der Waals surface area contributed by atoms with E-state index in [9.17, 15) is 9.59 Å². The largest absolute Gasteiger partial charge is 0.465 e. The highest BCUT2D eigenvalue weighted by Gasteiger charge is 2.28. The summed E-state index contributed by atoms with van der Waals surface area (Å²) in [5, 5.41) is 0. The standard InChI is InChI=1S/C11H18N2O3/c1-3-16-10(14)7-13-8(2)5-4-6-9(12)11(13)15/h9H,2-7,12H2,1H3. The third-order valence-corrected chi connectivity index (χ3v) is 2.54. The van der Waals surface area contributed by atoms with Crippen LogP contribution >= 0.6 is 0 Å². The van der Waals surface area contributed by atoms with Crippen LogP contribution in [0, 0.1) is 0 Å². The molecule has 1 atom stereocenters. The molecule has 2 N–H and O–H groups in total. The lowest BCUT2D eigenvalue weighted by atomic mass is 10.1. The topological polar surface area (TPSA) is 72.6 Å². The second-order valence-corrected chi connectivity index (χ2v) is 3.79. The van der Waals surface area contributed by atoms with Crippen LogP contribution in [0.15, 0.2) is 12.3 Å². The summed E-state index contributed by atoms with van der Waals surface area (Å²) < 4.78 is 4.80. The summed E-state index contributed by atoms with van der Waals surface area (Å²) in [6.07, 6.45) is 2.15. The zero-order valence-electron chi connectivity index (χ0n) is 9.57. The number of allylic oxidation sites excluding steroid dienone is 1. The molecule has 1 amide bonds. The molecule has 0 saturated carbocycles. The molecule has 0 aromatic carbocycles. The molecule has 5 heteroatoms. The van der Waals surface area contributed by atoms with Crippen molar-refractivity contribution in [2.24, 2.45) is 5.73 Å². The van der Waals surface area contributed by atoms with Crippen molar-refractivity contribution < 1.29 is 14.3 Å². The van der Waals surface area contributed by atoms with Gasteiger partial charge in [0.2, 0.25) is 5.91 Å². The van der Waals surface area contributed by atoms with Crippen LogP contribution in [-0.4, -0.2) is 36.0 Å². The Morgan fingerprint density at radius 1 is 1.69 bits per heavy atom. The van der Waals surface area contributed by atoms with E-state index in [0.29, 0.717) is 25.1 Å². The molecule has 16 heavy (non-hydrogen) atoms. The lowest BCUT2D eigenvalue weighted by Gasteiger charge is -2.23. The van der Waals surface area contributed by atoms with Crippen LogP contribution in [0.5, 0.6) is 0 Å². The van der Waals surface area contributed by atoms with E-state index in [1.807, 2.05) is 0 Å². The first kappa shape index (κ1) is 12.7. The zero-order chi connectivity index (χ0) is 12.1. The number of esters is 1. The van der Waals surface area contributed by atoms with Gasteiger partial charge in [-0.05, 0) is 26.2 Å². The third kappa shape index (κ3) is 3.06. The van der Waals surface area contributed by atoms with Gasteiger partial charge in [-0.25, -0.2) is 0 Å². The normalized spacial score (nSPS) is 21.9. The van der Waals surface area contributed by atoms with Crippen LogP contribution in [-0.2, 0) is 14.3 Å². The zero-order valence-corrected chi connectivity index (χ0v) is 9.57. The average molecular weight is 226 g/mol. The van der Waals surface area contributed by atoms with Gasteiger partial charge >= 0.3 is 5.97 Å². The van der Waals surface area contributed by atoms with E-state index in [4.69, 9.17) is 10.5 Å². The molecule has 0 radical (unpaired) electrons. The van der Waals surface area contributed by atoms with Crippen molar-refractivity contribution >= 4 is 11.9 Å². The minimum Gasteiger partial charge on any atom is -0.465 e. The Hall–Kier alpha value is -1.36. The van der Waals surface area contributed by atoms with Gasteiger partial charge < -0.3 is 15.4 Å². The van der Waals surface area contributed by atoms with Crippen molar-refractivity contribution in [3.63, 3.8) is 0 Å². The van der Waals surface area contributed by atoms with Crippen LogP contribution in [0.4, 0.5) is 0 Å². The molecule has 0 spiro atoms. The highest BCUT2D eigenvalue weighted by Crippen LogP contribution is 2.18. The summed E-state index contributed by atoms with van der Waals surface area (Å²) in [6.45, 7) is 5.74. The summed E-state index contributed by atoms with van der Waals surface area (Å²) in [4.78, 5) is 24.5. The van der Waals surface area contributed by atoms with E-state index < -0.39 is 12.0 Å². The maximum atomic E-state index is 11.8. The van der Waals surface area contributed by atoms with Gasteiger partial charge in [0.1, 0.15) is 6.54 Å². The average Bonchev–Trinajstić information content (AvgIpc) is 2.34. The Balaban J connectivity index is 2.69. The smallest absolute Gasteiger partial charge is 0.326 e. The molecule has 1 heterocycles. The predicted molar refractivity (Wildman–Crippen MR) is 59.3 cm³/mol. The third-order valence-electron chi connectivity index (χ3n) is 2.54. The summed E-state index contributed by atoms with van der Waals surface area (Å²) in [5.74, 6) is -0.665. The number of hydrogen-bond acceptors (Lipinski definition) is 4. The van der Waals surface area contributed by atoms with Crippen LogP contribution in [0.25, 0.3) is 0 Å². The molecule has 0 aromatic heterocycles. The second-order valence-electron chi connectivity index (χ2n) is 3.79. The minimum absolute atomic E-state index is 0.0841. The van der Waals surface area contributed by atoms with Gasteiger partial charge in [-0.3, -0.25) is 9.59 Å². The van der Waals surface area contributed by atoms with Crippen LogP contribution in [0.3, 0.4) is 0 Å². The summed E-state index contributed by atoms with van der Waals surface area (Å²) in [7, 11) is 0. The SMILES string of the molecule is C=C1CCCC(N)C(=O)N1CC(=O)OCC. The van der Waals surface area contributed by atoms with E-state index in [0.717, 1.165) is 6.42 Å². The van der Waals surface area contributed by atoms with E-state index in [-0.39, 0.29) is 12.5 Å². The van der Waals surface area contributed by atoms with Crippen molar-refractivity contribution in [1.29, 1.82) is 0 Å². The Labute approximate surface area is 95.2 Å². The molecule has 1 aliphatic rings. The summed E-state index contributed by atoms with van der Waals surface area (Å²) in [5.41, 5.74) is 6.34. The van der Waals surface area contributed by atoms with E-state index >= 15 is 0 Å². The fourth-order valence-corrected chi connectivity index (χ4v) is 1.67. The first-order valence-electron chi connectivity index (χ1n) is 5.46. The highest BCUT2D eigenvalue weighted by atomic mass is 16.5. The molecule has 1 unspecified atom stereocenters. The number of rotatable bonds is 3. The molecule has 0 aromatic rings. The quantitative estimate of drug-likeness (QED) is 0.707. The van der Waals surface area contributed by atoms with Crippen LogP contribution < -0.4 is 5.73 Å². The lowest BCUT2D eigenvalue weighted by Crippen LogP contribution is -2.43. The number of amides is 1. The van der Waals surface area contributed by atoms with Gasteiger partial charge in [0, 0.05) is 5.70 Å². The van der Waals surface area contributed by atoms with Crippen molar-refractivity contribution in [1.82, 2.24) is 4.90 Å². The van der Waals surface area contributed by atoms with Crippen molar-refractivity contribution in [2.45, 2.75) is 32.2 Å². The van der Waals surface area contributed by atoms with Gasteiger partial charge in [-0.2, -0.15) is 0 Å². The molecular weight excluding hydrogens is 208 g/mol. The number of carbonyl (C=O) groups excluding carboxylic acids is 2. The molecular formula is C11H18N2O3. The molecule has 1 aliphatic heterocycles. The maximum Gasteiger partial charge on any atom is 0.326 e. The Morgan fingerprint density at radius 2 is 2.38 bits per heavy atom. The minimum atomic E-state index is -0.534.